The third-order valence-corrected chi connectivity index (χ3v) is 2.71. The standard InChI is InChI=1S/C12H11N5O/c13-7-1-2-9-10(6-14-11(9)3-7)12(18)17-8-4-15-16-5-8/h1-6,14H,13H2,(H,15,16)(H,17,18). The average Bonchev–Trinajstić information content (AvgIpc) is 2.97. The molecular formula is C12H11N5O. The zero-order chi connectivity index (χ0) is 12.5. The maximum Gasteiger partial charge on any atom is 0.257 e. The van der Waals surface area contributed by atoms with Gasteiger partial charge in [-0.15, -0.1) is 0 Å². The van der Waals surface area contributed by atoms with Gasteiger partial charge in [-0.05, 0) is 18.2 Å². The van der Waals surface area contributed by atoms with Crippen LogP contribution < -0.4 is 11.1 Å². The van der Waals surface area contributed by atoms with E-state index in [0.29, 0.717) is 16.9 Å². The summed E-state index contributed by atoms with van der Waals surface area (Å²) in [5.74, 6) is -0.188. The monoisotopic (exact) mass is 241 g/mol. The van der Waals surface area contributed by atoms with Crippen molar-refractivity contribution in [1.82, 2.24) is 15.2 Å². The summed E-state index contributed by atoms with van der Waals surface area (Å²) in [4.78, 5) is 15.1. The highest BCUT2D eigenvalue weighted by atomic mass is 16.1. The molecule has 0 bridgehead atoms. The van der Waals surface area contributed by atoms with Crippen LogP contribution in [0.2, 0.25) is 0 Å². The van der Waals surface area contributed by atoms with Gasteiger partial charge in [-0.2, -0.15) is 5.10 Å². The Bertz CT molecular complexity index is 698. The second-order valence-corrected chi connectivity index (χ2v) is 3.95. The quantitative estimate of drug-likeness (QED) is 0.514. The molecule has 0 fully saturated rings. The third kappa shape index (κ3) is 1.69. The molecular weight excluding hydrogens is 230 g/mol. The number of nitrogens with zero attached hydrogens (tertiary/aromatic N) is 1. The number of hydrogen-bond donors (Lipinski definition) is 4. The fourth-order valence-electron chi connectivity index (χ4n) is 1.85. The van der Waals surface area contributed by atoms with Crippen molar-refractivity contribution in [1.29, 1.82) is 0 Å². The molecule has 5 N–H and O–H groups in total. The number of fused-ring (bicyclic) bond motifs is 1. The lowest BCUT2D eigenvalue weighted by molar-refractivity contribution is 0.102. The molecule has 0 radical (unpaired) electrons. The molecule has 6 nitrogen and oxygen atoms in total. The number of carbonyl (C=O) groups is 1. The first kappa shape index (κ1) is 10.4. The van der Waals surface area contributed by atoms with Gasteiger partial charge in [-0.25, -0.2) is 0 Å². The Kier molecular flexibility index (Phi) is 2.26. The van der Waals surface area contributed by atoms with Crippen LogP contribution in [0.4, 0.5) is 11.4 Å². The second-order valence-electron chi connectivity index (χ2n) is 3.95. The number of aromatic amines is 2. The van der Waals surface area contributed by atoms with Gasteiger partial charge < -0.3 is 16.0 Å². The van der Waals surface area contributed by atoms with Gasteiger partial charge in [0.2, 0.25) is 0 Å². The molecule has 0 aliphatic heterocycles. The average molecular weight is 241 g/mol. The number of aromatic nitrogens is 3. The van der Waals surface area contributed by atoms with Crippen LogP contribution in [0.1, 0.15) is 10.4 Å². The van der Waals surface area contributed by atoms with Crippen LogP contribution in [0.3, 0.4) is 0 Å². The van der Waals surface area contributed by atoms with Crippen LogP contribution in [0.5, 0.6) is 0 Å². The predicted molar refractivity (Wildman–Crippen MR) is 69.3 cm³/mol. The van der Waals surface area contributed by atoms with E-state index in [2.05, 4.69) is 20.5 Å². The van der Waals surface area contributed by atoms with Gasteiger partial charge in [0.1, 0.15) is 0 Å². The Morgan fingerprint density at radius 2 is 2.22 bits per heavy atom. The third-order valence-electron chi connectivity index (χ3n) is 2.71. The van der Waals surface area contributed by atoms with Crippen molar-refractivity contribution < 1.29 is 4.79 Å². The highest BCUT2D eigenvalue weighted by Crippen LogP contribution is 2.21. The first-order valence-corrected chi connectivity index (χ1v) is 5.41. The van der Waals surface area contributed by atoms with Gasteiger partial charge in [0.15, 0.2) is 0 Å². The lowest BCUT2D eigenvalue weighted by atomic mass is 10.1. The SMILES string of the molecule is Nc1ccc2c(C(=O)Nc3cn[nH]c3)c[nH]c2c1. The van der Waals surface area contributed by atoms with Crippen LogP contribution in [0, 0.1) is 0 Å². The molecule has 3 aromatic rings. The highest BCUT2D eigenvalue weighted by Gasteiger charge is 2.12. The van der Waals surface area contributed by atoms with E-state index in [1.54, 1.807) is 30.7 Å². The van der Waals surface area contributed by atoms with Gasteiger partial charge in [-0.3, -0.25) is 9.89 Å². The fourth-order valence-corrected chi connectivity index (χ4v) is 1.85. The summed E-state index contributed by atoms with van der Waals surface area (Å²) in [5, 5.41) is 9.99. The second kappa shape index (κ2) is 3.92. The van der Waals surface area contributed by atoms with E-state index in [1.165, 1.54) is 0 Å². The number of nitrogens with one attached hydrogen (secondary N) is 3. The summed E-state index contributed by atoms with van der Waals surface area (Å²) >= 11 is 0. The van der Waals surface area contributed by atoms with Gasteiger partial charge in [-0.1, -0.05) is 0 Å². The van der Waals surface area contributed by atoms with Crippen LogP contribution in [0.15, 0.2) is 36.8 Å². The molecule has 0 aliphatic carbocycles. The molecule has 1 amide bonds. The van der Waals surface area contributed by atoms with Crippen molar-refractivity contribution in [2.45, 2.75) is 0 Å². The Hall–Kier alpha value is -2.76. The Balaban J connectivity index is 1.97. The van der Waals surface area contributed by atoms with E-state index in [1.807, 2.05) is 6.07 Å². The minimum absolute atomic E-state index is 0.188. The van der Waals surface area contributed by atoms with Crippen molar-refractivity contribution >= 4 is 28.2 Å². The molecule has 2 heterocycles. The van der Waals surface area contributed by atoms with E-state index < -0.39 is 0 Å². The number of amides is 1. The number of H-pyrrole nitrogens is 2. The van der Waals surface area contributed by atoms with E-state index >= 15 is 0 Å². The molecule has 0 atom stereocenters. The largest absolute Gasteiger partial charge is 0.399 e. The van der Waals surface area contributed by atoms with Crippen LogP contribution >= 0.6 is 0 Å². The van der Waals surface area contributed by atoms with Crippen LogP contribution in [-0.2, 0) is 0 Å². The van der Waals surface area contributed by atoms with Gasteiger partial charge in [0, 0.05) is 29.0 Å². The highest BCUT2D eigenvalue weighted by molar-refractivity contribution is 6.12. The number of anilines is 2. The van der Waals surface area contributed by atoms with Crippen molar-refractivity contribution in [3.05, 3.63) is 42.4 Å². The summed E-state index contributed by atoms with van der Waals surface area (Å²) in [6.07, 6.45) is 4.83. The first-order chi connectivity index (χ1) is 8.74. The van der Waals surface area contributed by atoms with Crippen molar-refractivity contribution in [3.63, 3.8) is 0 Å². The normalized spacial score (nSPS) is 10.7. The minimum Gasteiger partial charge on any atom is -0.399 e. The molecule has 3 rings (SSSR count). The molecule has 0 spiro atoms. The van der Waals surface area contributed by atoms with E-state index in [0.717, 1.165) is 10.9 Å². The molecule has 0 saturated carbocycles. The summed E-state index contributed by atoms with van der Waals surface area (Å²) in [5.41, 5.74) is 8.39. The molecule has 90 valence electrons. The number of carbonyl (C=O) groups excluding carboxylic acids is 1. The van der Waals surface area contributed by atoms with Crippen LogP contribution in [0.25, 0.3) is 10.9 Å². The molecule has 0 unspecified atom stereocenters. The van der Waals surface area contributed by atoms with E-state index in [4.69, 9.17) is 5.73 Å². The molecule has 1 aromatic carbocycles. The lowest BCUT2D eigenvalue weighted by Gasteiger charge is -2.00. The van der Waals surface area contributed by atoms with Crippen molar-refractivity contribution in [2.75, 3.05) is 11.1 Å². The minimum atomic E-state index is -0.188. The predicted octanol–water partition coefficient (Wildman–Crippen LogP) is 1.73. The Morgan fingerprint density at radius 1 is 1.33 bits per heavy atom. The zero-order valence-electron chi connectivity index (χ0n) is 9.40. The number of hydrogen-bond acceptors (Lipinski definition) is 3. The number of nitrogens with two attached hydrogens (primary N) is 1. The maximum atomic E-state index is 12.1. The topological polar surface area (TPSA) is 99.6 Å². The Labute approximate surface area is 102 Å². The van der Waals surface area contributed by atoms with Crippen LogP contribution in [-0.4, -0.2) is 21.1 Å². The molecule has 0 saturated heterocycles. The Morgan fingerprint density at radius 3 is 3.00 bits per heavy atom. The summed E-state index contributed by atoms with van der Waals surface area (Å²) < 4.78 is 0. The number of benzene rings is 1. The molecule has 0 aliphatic rings. The lowest BCUT2D eigenvalue weighted by Crippen LogP contribution is -2.10. The van der Waals surface area contributed by atoms with Crippen molar-refractivity contribution in [3.8, 4) is 0 Å². The molecule has 18 heavy (non-hydrogen) atoms. The number of nitrogen functional groups attached to an aromatic ring is 1. The first-order valence-electron chi connectivity index (χ1n) is 5.41. The zero-order valence-corrected chi connectivity index (χ0v) is 9.40. The van der Waals surface area contributed by atoms with Gasteiger partial charge in [0.05, 0.1) is 17.4 Å². The summed E-state index contributed by atoms with van der Waals surface area (Å²) in [6.45, 7) is 0. The molecule has 2 aromatic heterocycles. The number of rotatable bonds is 2. The smallest absolute Gasteiger partial charge is 0.257 e. The van der Waals surface area contributed by atoms with E-state index in [-0.39, 0.29) is 5.91 Å². The van der Waals surface area contributed by atoms with Gasteiger partial charge in [0.25, 0.3) is 5.91 Å². The van der Waals surface area contributed by atoms with E-state index in [9.17, 15) is 4.79 Å². The molecule has 6 heteroatoms. The maximum absolute atomic E-state index is 12.1. The van der Waals surface area contributed by atoms with Gasteiger partial charge >= 0.3 is 0 Å². The summed E-state index contributed by atoms with van der Waals surface area (Å²) in [7, 11) is 0. The summed E-state index contributed by atoms with van der Waals surface area (Å²) in [6, 6.07) is 5.39. The van der Waals surface area contributed by atoms with Crippen molar-refractivity contribution in [2.24, 2.45) is 0 Å². The fraction of sp³-hybridized carbons (Fsp3) is 0.